The molecule has 20 heavy (non-hydrogen) atoms. The Labute approximate surface area is 130 Å². The highest BCUT2D eigenvalue weighted by Crippen LogP contribution is 2.27. The lowest BCUT2D eigenvalue weighted by Crippen LogP contribution is -2.24. The monoisotopic (exact) mass is 317 g/mol. The lowest BCUT2D eigenvalue weighted by molar-refractivity contribution is -0.117. The van der Waals surface area contributed by atoms with Gasteiger partial charge in [-0.05, 0) is 43.4 Å². The van der Waals surface area contributed by atoms with Gasteiger partial charge in [0.1, 0.15) is 5.15 Å². The van der Waals surface area contributed by atoms with Crippen molar-refractivity contribution in [3.63, 3.8) is 0 Å². The number of amides is 1. The van der Waals surface area contributed by atoms with E-state index in [-0.39, 0.29) is 17.0 Å². The SMILES string of the molecule is Cc1cc(Cl)nc(Cl)c1NC(=O)CC(CN)CC(C)C. The van der Waals surface area contributed by atoms with Gasteiger partial charge in [0.15, 0.2) is 5.15 Å². The number of pyridine rings is 1. The van der Waals surface area contributed by atoms with E-state index in [1.807, 2.05) is 6.92 Å². The first kappa shape index (κ1) is 17.2. The molecule has 112 valence electrons. The van der Waals surface area contributed by atoms with Crippen molar-refractivity contribution >= 4 is 34.8 Å². The van der Waals surface area contributed by atoms with Crippen LogP contribution in [-0.4, -0.2) is 17.4 Å². The number of hydrogen-bond acceptors (Lipinski definition) is 3. The number of halogens is 2. The first-order chi connectivity index (χ1) is 9.33. The van der Waals surface area contributed by atoms with E-state index in [2.05, 4.69) is 24.1 Å². The molecule has 1 rings (SSSR count). The lowest BCUT2D eigenvalue weighted by Gasteiger charge is -2.17. The number of carbonyl (C=O) groups excluding carboxylic acids is 1. The summed E-state index contributed by atoms with van der Waals surface area (Å²) in [4.78, 5) is 16.0. The van der Waals surface area contributed by atoms with Crippen LogP contribution in [0.4, 0.5) is 5.69 Å². The molecular weight excluding hydrogens is 297 g/mol. The van der Waals surface area contributed by atoms with Gasteiger partial charge >= 0.3 is 0 Å². The first-order valence-electron chi connectivity index (χ1n) is 6.66. The van der Waals surface area contributed by atoms with E-state index in [4.69, 9.17) is 28.9 Å². The molecular formula is C14H21Cl2N3O. The summed E-state index contributed by atoms with van der Waals surface area (Å²) in [6.45, 7) is 6.55. The maximum atomic E-state index is 12.1. The zero-order valence-electron chi connectivity index (χ0n) is 12.0. The van der Waals surface area contributed by atoms with Gasteiger partial charge in [0, 0.05) is 6.42 Å². The van der Waals surface area contributed by atoms with E-state index in [1.165, 1.54) is 0 Å². The fourth-order valence-electron chi connectivity index (χ4n) is 2.13. The Balaban J connectivity index is 2.71. The summed E-state index contributed by atoms with van der Waals surface area (Å²) in [6.07, 6.45) is 1.31. The van der Waals surface area contributed by atoms with Gasteiger partial charge in [-0.1, -0.05) is 37.0 Å². The third-order valence-electron chi connectivity index (χ3n) is 3.02. The molecule has 1 aromatic rings. The quantitative estimate of drug-likeness (QED) is 0.787. The second kappa shape index (κ2) is 7.81. The Morgan fingerprint density at radius 2 is 2.10 bits per heavy atom. The van der Waals surface area contributed by atoms with Crippen molar-refractivity contribution in [2.24, 2.45) is 17.6 Å². The van der Waals surface area contributed by atoms with E-state index in [0.717, 1.165) is 12.0 Å². The van der Waals surface area contributed by atoms with Crippen molar-refractivity contribution < 1.29 is 4.79 Å². The molecule has 0 aliphatic rings. The van der Waals surface area contributed by atoms with Gasteiger partial charge in [-0.2, -0.15) is 0 Å². The minimum atomic E-state index is -0.102. The Kier molecular flexibility index (Phi) is 6.72. The van der Waals surface area contributed by atoms with Crippen LogP contribution in [0.2, 0.25) is 10.3 Å². The van der Waals surface area contributed by atoms with Gasteiger partial charge in [0.25, 0.3) is 0 Å². The van der Waals surface area contributed by atoms with Crippen molar-refractivity contribution in [3.8, 4) is 0 Å². The van der Waals surface area contributed by atoms with E-state index in [1.54, 1.807) is 6.07 Å². The molecule has 0 saturated carbocycles. The summed E-state index contributed by atoms with van der Waals surface area (Å²) >= 11 is 11.8. The fourth-order valence-corrected chi connectivity index (χ4v) is 2.71. The summed E-state index contributed by atoms with van der Waals surface area (Å²) in [5, 5.41) is 3.31. The standard InChI is InChI=1S/C14H21Cl2N3O/c1-8(2)4-10(7-17)6-12(20)19-13-9(3)5-11(15)18-14(13)16/h5,8,10H,4,6-7,17H2,1-3H3,(H,19,20). The second-order valence-electron chi connectivity index (χ2n) is 5.41. The number of nitrogens with two attached hydrogens (primary N) is 1. The van der Waals surface area contributed by atoms with Crippen molar-refractivity contribution in [3.05, 3.63) is 21.9 Å². The average Bonchev–Trinajstić information content (AvgIpc) is 2.32. The van der Waals surface area contributed by atoms with E-state index < -0.39 is 0 Å². The van der Waals surface area contributed by atoms with Gasteiger partial charge in [-0.3, -0.25) is 4.79 Å². The lowest BCUT2D eigenvalue weighted by atomic mass is 9.94. The van der Waals surface area contributed by atoms with Gasteiger partial charge in [0.2, 0.25) is 5.91 Å². The number of rotatable bonds is 6. The fraction of sp³-hybridized carbons (Fsp3) is 0.571. The molecule has 0 bridgehead atoms. The normalized spacial score (nSPS) is 12.6. The number of aromatic nitrogens is 1. The third-order valence-corrected chi connectivity index (χ3v) is 3.48. The summed E-state index contributed by atoms with van der Waals surface area (Å²) in [5.74, 6) is 0.587. The van der Waals surface area contributed by atoms with E-state index in [0.29, 0.717) is 29.7 Å². The molecule has 0 aliphatic carbocycles. The Morgan fingerprint density at radius 3 is 2.60 bits per heavy atom. The molecule has 1 atom stereocenters. The van der Waals surface area contributed by atoms with Crippen LogP contribution in [-0.2, 0) is 4.79 Å². The Bertz CT molecular complexity index is 454. The molecule has 3 N–H and O–H groups in total. The number of anilines is 1. The van der Waals surface area contributed by atoms with Crippen LogP contribution in [0.15, 0.2) is 6.07 Å². The molecule has 1 amide bonds. The maximum Gasteiger partial charge on any atom is 0.224 e. The van der Waals surface area contributed by atoms with Crippen LogP contribution in [0.5, 0.6) is 0 Å². The summed E-state index contributed by atoms with van der Waals surface area (Å²) in [7, 11) is 0. The van der Waals surface area contributed by atoms with Crippen LogP contribution in [0.1, 0.15) is 32.3 Å². The highest BCUT2D eigenvalue weighted by atomic mass is 35.5. The molecule has 4 nitrogen and oxygen atoms in total. The number of nitrogens with zero attached hydrogens (tertiary/aromatic N) is 1. The smallest absolute Gasteiger partial charge is 0.224 e. The molecule has 0 spiro atoms. The predicted octanol–water partition coefficient (Wildman–Crippen LogP) is 3.65. The number of aryl methyl sites for hydroxylation is 1. The highest BCUT2D eigenvalue weighted by Gasteiger charge is 2.16. The molecule has 0 fully saturated rings. The zero-order valence-corrected chi connectivity index (χ0v) is 13.6. The van der Waals surface area contributed by atoms with Gasteiger partial charge in [0.05, 0.1) is 5.69 Å². The maximum absolute atomic E-state index is 12.1. The molecule has 0 aromatic carbocycles. The van der Waals surface area contributed by atoms with Crippen molar-refractivity contribution in [1.29, 1.82) is 0 Å². The van der Waals surface area contributed by atoms with Crippen LogP contribution in [0, 0.1) is 18.8 Å². The van der Waals surface area contributed by atoms with Crippen LogP contribution in [0.3, 0.4) is 0 Å². The first-order valence-corrected chi connectivity index (χ1v) is 7.41. The number of hydrogen-bond donors (Lipinski definition) is 2. The van der Waals surface area contributed by atoms with E-state index in [9.17, 15) is 4.79 Å². The average molecular weight is 318 g/mol. The zero-order chi connectivity index (χ0) is 15.3. The Hall–Kier alpha value is -0.840. The molecule has 0 saturated heterocycles. The molecule has 0 radical (unpaired) electrons. The van der Waals surface area contributed by atoms with Gasteiger partial charge < -0.3 is 11.1 Å². The number of carbonyl (C=O) groups is 1. The van der Waals surface area contributed by atoms with Gasteiger partial charge in [-0.15, -0.1) is 0 Å². The van der Waals surface area contributed by atoms with E-state index >= 15 is 0 Å². The largest absolute Gasteiger partial charge is 0.330 e. The summed E-state index contributed by atoms with van der Waals surface area (Å²) in [5.41, 5.74) is 7.01. The molecule has 1 aromatic heterocycles. The molecule has 1 heterocycles. The molecule has 1 unspecified atom stereocenters. The van der Waals surface area contributed by atoms with Gasteiger partial charge in [-0.25, -0.2) is 4.98 Å². The number of nitrogens with one attached hydrogen (secondary N) is 1. The van der Waals surface area contributed by atoms with Crippen molar-refractivity contribution in [2.45, 2.75) is 33.6 Å². The highest BCUT2D eigenvalue weighted by molar-refractivity contribution is 6.34. The third kappa shape index (κ3) is 5.27. The van der Waals surface area contributed by atoms with Crippen LogP contribution >= 0.6 is 23.2 Å². The topological polar surface area (TPSA) is 68.0 Å². The van der Waals surface area contributed by atoms with Crippen molar-refractivity contribution in [1.82, 2.24) is 4.98 Å². The van der Waals surface area contributed by atoms with Crippen molar-refractivity contribution in [2.75, 3.05) is 11.9 Å². The predicted molar refractivity (Wildman–Crippen MR) is 84.2 cm³/mol. The molecule has 0 aliphatic heterocycles. The minimum absolute atomic E-state index is 0.102. The minimum Gasteiger partial charge on any atom is -0.330 e. The summed E-state index contributed by atoms with van der Waals surface area (Å²) in [6, 6.07) is 1.66. The van der Waals surface area contributed by atoms with Crippen LogP contribution < -0.4 is 11.1 Å². The molecule has 6 heteroatoms. The van der Waals surface area contributed by atoms with Crippen LogP contribution in [0.25, 0.3) is 0 Å². The second-order valence-corrected chi connectivity index (χ2v) is 6.16. The Morgan fingerprint density at radius 1 is 1.45 bits per heavy atom. The summed E-state index contributed by atoms with van der Waals surface area (Å²) < 4.78 is 0.